The third-order valence-electron chi connectivity index (χ3n) is 5.35. The summed E-state index contributed by atoms with van der Waals surface area (Å²) in [7, 11) is 0. The number of fused-ring (bicyclic) bond motifs is 1. The maximum atomic E-state index is 10.5. The summed E-state index contributed by atoms with van der Waals surface area (Å²) >= 11 is 6.10. The number of ether oxygens (including phenoxy) is 1. The van der Waals surface area contributed by atoms with Gasteiger partial charge in [0.25, 0.3) is 0 Å². The highest BCUT2D eigenvalue weighted by Crippen LogP contribution is 2.38. The van der Waals surface area contributed by atoms with Gasteiger partial charge in [0.2, 0.25) is 5.28 Å². The zero-order valence-electron chi connectivity index (χ0n) is 14.3. The SMILES string of the molecule is C[C@@]1(O)[C@@H](CO)O[C@@H](n2cnc3c(NC4CCCC4)nc(Cl)nc32)[C@@H]1O. The Balaban J connectivity index is 1.72. The lowest BCUT2D eigenvalue weighted by Crippen LogP contribution is -2.46. The van der Waals surface area contributed by atoms with Crippen LogP contribution in [0.25, 0.3) is 11.2 Å². The lowest BCUT2D eigenvalue weighted by Gasteiger charge is -2.25. The Labute approximate surface area is 155 Å². The molecule has 2 aliphatic rings. The van der Waals surface area contributed by atoms with Crippen LogP contribution in [0.1, 0.15) is 38.8 Å². The van der Waals surface area contributed by atoms with Crippen LogP contribution in [-0.2, 0) is 4.74 Å². The molecule has 9 nitrogen and oxygen atoms in total. The van der Waals surface area contributed by atoms with Crippen molar-refractivity contribution in [1.82, 2.24) is 19.5 Å². The molecular formula is C16H22ClN5O4. The highest BCUT2D eigenvalue weighted by molar-refractivity contribution is 6.28. The Kier molecular flexibility index (Phi) is 4.52. The molecule has 2 aromatic rings. The first kappa shape index (κ1) is 17.9. The first-order valence-corrected chi connectivity index (χ1v) is 9.13. The number of aromatic nitrogens is 4. The van der Waals surface area contributed by atoms with Crippen LogP contribution in [0.15, 0.2) is 6.33 Å². The number of anilines is 1. The highest BCUT2D eigenvalue weighted by Gasteiger charge is 2.53. The molecule has 4 N–H and O–H groups in total. The molecule has 1 aliphatic heterocycles. The molecule has 2 aromatic heterocycles. The van der Waals surface area contributed by atoms with Gasteiger partial charge >= 0.3 is 0 Å². The molecule has 142 valence electrons. The fourth-order valence-electron chi connectivity index (χ4n) is 3.75. The number of aliphatic hydroxyl groups excluding tert-OH is 2. The minimum Gasteiger partial charge on any atom is -0.394 e. The molecule has 1 aliphatic carbocycles. The molecule has 26 heavy (non-hydrogen) atoms. The Hall–Kier alpha value is -1.52. The molecule has 0 aromatic carbocycles. The lowest BCUT2D eigenvalue weighted by atomic mass is 9.95. The zero-order valence-corrected chi connectivity index (χ0v) is 15.1. The molecule has 0 radical (unpaired) electrons. The van der Waals surface area contributed by atoms with E-state index in [4.69, 9.17) is 16.3 Å². The van der Waals surface area contributed by atoms with E-state index in [0.29, 0.717) is 23.0 Å². The average Bonchev–Trinajstić information content (AvgIpc) is 3.29. The third kappa shape index (κ3) is 2.84. The van der Waals surface area contributed by atoms with Gasteiger partial charge in [0.1, 0.15) is 17.8 Å². The van der Waals surface area contributed by atoms with E-state index in [0.717, 1.165) is 12.8 Å². The van der Waals surface area contributed by atoms with Gasteiger partial charge in [-0.1, -0.05) is 12.8 Å². The van der Waals surface area contributed by atoms with Crippen molar-refractivity contribution < 1.29 is 20.1 Å². The van der Waals surface area contributed by atoms with Gasteiger partial charge in [-0.05, 0) is 31.4 Å². The molecule has 2 fully saturated rings. The fraction of sp³-hybridized carbons (Fsp3) is 0.688. The van der Waals surface area contributed by atoms with Crippen molar-refractivity contribution in [2.75, 3.05) is 11.9 Å². The number of nitrogens with zero attached hydrogens (tertiary/aromatic N) is 4. The van der Waals surface area contributed by atoms with Crippen LogP contribution in [0.5, 0.6) is 0 Å². The van der Waals surface area contributed by atoms with Crippen LogP contribution in [0, 0.1) is 0 Å². The van der Waals surface area contributed by atoms with Crippen molar-refractivity contribution in [3.05, 3.63) is 11.6 Å². The summed E-state index contributed by atoms with van der Waals surface area (Å²) in [5.74, 6) is 0.545. The van der Waals surface area contributed by atoms with E-state index in [1.165, 1.54) is 30.7 Å². The van der Waals surface area contributed by atoms with Crippen LogP contribution >= 0.6 is 11.6 Å². The van der Waals surface area contributed by atoms with E-state index >= 15 is 0 Å². The second-order valence-electron chi connectivity index (χ2n) is 7.16. The summed E-state index contributed by atoms with van der Waals surface area (Å²) < 4.78 is 7.16. The monoisotopic (exact) mass is 383 g/mol. The summed E-state index contributed by atoms with van der Waals surface area (Å²) in [5, 5.41) is 33.8. The van der Waals surface area contributed by atoms with Crippen LogP contribution < -0.4 is 5.32 Å². The summed E-state index contributed by atoms with van der Waals surface area (Å²) in [6, 6.07) is 0.321. The molecule has 0 unspecified atom stereocenters. The number of hydrogen-bond acceptors (Lipinski definition) is 8. The largest absolute Gasteiger partial charge is 0.394 e. The molecule has 3 heterocycles. The zero-order chi connectivity index (χ0) is 18.5. The number of nitrogens with one attached hydrogen (secondary N) is 1. The summed E-state index contributed by atoms with van der Waals surface area (Å²) in [5.41, 5.74) is -0.689. The van der Waals surface area contributed by atoms with Crippen molar-refractivity contribution in [3.8, 4) is 0 Å². The van der Waals surface area contributed by atoms with E-state index in [2.05, 4.69) is 20.3 Å². The number of halogens is 1. The van der Waals surface area contributed by atoms with Crippen LogP contribution in [-0.4, -0.2) is 65.3 Å². The van der Waals surface area contributed by atoms with Crippen molar-refractivity contribution in [1.29, 1.82) is 0 Å². The minimum atomic E-state index is -1.60. The Bertz CT molecular complexity index is 807. The summed E-state index contributed by atoms with van der Waals surface area (Å²) in [6.07, 6.45) is 2.81. The molecule has 1 saturated carbocycles. The second kappa shape index (κ2) is 6.58. The van der Waals surface area contributed by atoms with Crippen molar-refractivity contribution in [2.24, 2.45) is 0 Å². The predicted molar refractivity (Wildman–Crippen MR) is 93.8 cm³/mol. The van der Waals surface area contributed by atoms with E-state index in [-0.39, 0.29) is 5.28 Å². The van der Waals surface area contributed by atoms with E-state index in [9.17, 15) is 15.3 Å². The highest BCUT2D eigenvalue weighted by atomic mass is 35.5. The molecule has 4 rings (SSSR count). The summed E-state index contributed by atoms with van der Waals surface area (Å²) in [4.78, 5) is 12.8. The van der Waals surface area contributed by atoms with Gasteiger partial charge in [-0.2, -0.15) is 9.97 Å². The first-order valence-electron chi connectivity index (χ1n) is 8.75. The molecule has 0 amide bonds. The van der Waals surface area contributed by atoms with Crippen LogP contribution in [0.4, 0.5) is 5.82 Å². The van der Waals surface area contributed by atoms with Gasteiger partial charge in [-0.15, -0.1) is 0 Å². The number of imidazole rings is 1. The lowest BCUT2D eigenvalue weighted by molar-refractivity contribution is -0.0804. The van der Waals surface area contributed by atoms with E-state index in [1.807, 2.05) is 0 Å². The van der Waals surface area contributed by atoms with Crippen molar-refractivity contribution >= 4 is 28.6 Å². The van der Waals surface area contributed by atoms with Gasteiger partial charge in [0, 0.05) is 6.04 Å². The van der Waals surface area contributed by atoms with Gasteiger partial charge in [0.05, 0.1) is 12.9 Å². The van der Waals surface area contributed by atoms with Gasteiger partial charge in [0.15, 0.2) is 23.2 Å². The fourth-order valence-corrected chi connectivity index (χ4v) is 3.91. The smallest absolute Gasteiger partial charge is 0.226 e. The molecule has 0 bridgehead atoms. The maximum Gasteiger partial charge on any atom is 0.226 e. The van der Waals surface area contributed by atoms with Gasteiger partial charge < -0.3 is 25.4 Å². The normalized spacial score (nSPS) is 32.6. The Morgan fingerprint density at radius 3 is 2.77 bits per heavy atom. The maximum absolute atomic E-state index is 10.5. The first-order chi connectivity index (χ1) is 12.4. The quantitative estimate of drug-likeness (QED) is 0.572. The standard InChI is InChI=1S/C16H22ClN5O4/c1-16(25)9(6-23)26-14(11(16)24)22-7-18-10-12(19-8-4-2-3-5-8)20-15(17)21-13(10)22/h7-9,11,14,23-25H,2-6H2,1H3,(H,19,20,21)/t9-,11+,14-,16-/m1/s1. The van der Waals surface area contributed by atoms with Gasteiger partial charge in [-0.25, -0.2) is 4.98 Å². The second-order valence-corrected chi connectivity index (χ2v) is 7.50. The van der Waals surface area contributed by atoms with Crippen LogP contribution in [0.2, 0.25) is 5.28 Å². The predicted octanol–water partition coefficient (Wildman–Crippen LogP) is 0.836. The Morgan fingerprint density at radius 2 is 2.12 bits per heavy atom. The summed E-state index contributed by atoms with van der Waals surface area (Å²) in [6.45, 7) is 1.00. The van der Waals surface area contributed by atoms with Gasteiger partial charge in [-0.3, -0.25) is 4.57 Å². The van der Waals surface area contributed by atoms with E-state index in [1.54, 1.807) is 0 Å². The molecule has 0 spiro atoms. The third-order valence-corrected chi connectivity index (χ3v) is 5.52. The minimum absolute atomic E-state index is 0.0534. The van der Waals surface area contributed by atoms with Crippen LogP contribution in [0.3, 0.4) is 0 Å². The average molecular weight is 384 g/mol. The molecule has 10 heteroatoms. The molecule has 4 atom stereocenters. The number of aliphatic hydroxyl groups is 3. The Morgan fingerprint density at radius 1 is 1.38 bits per heavy atom. The van der Waals surface area contributed by atoms with Crippen molar-refractivity contribution in [3.63, 3.8) is 0 Å². The molecule has 1 saturated heterocycles. The number of hydrogen-bond donors (Lipinski definition) is 4. The van der Waals surface area contributed by atoms with Crippen molar-refractivity contribution in [2.45, 2.75) is 62.7 Å². The molecular weight excluding hydrogens is 362 g/mol. The number of rotatable bonds is 4. The topological polar surface area (TPSA) is 126 Å². The van der Waals surface area contributed by atoms with E-state index < -0.39 is 30.6 Å².